The predicted octanol–water partition coefficient (Wildman–Crippen LogP) is 4.11. The Balaban J connectivity index is 2.19. The van der Waals surface area contributed by atoms with Gasteiger partial charge in [-0.05, 0) is 30.9 Å². The average molecular weight is 256 g/mol. The van der Waals surface area contributed by atoms with Gasteiger partial charge in [-0.15, -0.1) is 0 Å². The van der Waals surface area contributed by atoms with Crippen LogP contribution < -0.4 is 0 Å². The van der Waals surface area contributed by atoms with Crippen LogP contribution in [0.2, 0.25) is 0 Å². The SMILES string of the molecule is CC1CCC(C(=O)c2cc(F)c(F)c(F)c2)CC1. The molecule has 1 aliphatic carbocycles. The number of hydrogen-bond acceptors (Lipinski definition) is 1. The minimum absolute atomic E-state index is 0.0639. The molecule has 1 nitrogen and oxygen atoms in total. The number of rotatable bonds is 2. The molecule has 0 unspecified atom stereocenters. The van der Waals surface area contributed by atoms with Gasteiger partial charge < -0.3 is 0 Å². The van der Waals surface area contributed by atoms with Crippen molar-refractivity contribution in [2.45, 2.75) is 32.6 Å². The van der Waals surface area contributed by atoms with Crippen molar-refractivity contribution in [1.82, 2.24) is 0 Å². The molecule has 1 aromatic rings. The van der Waals surface area contributed by atoms with Crippen LogP contribution in [0, 0.1) is 29.3 Å². The summed E-state index contributed by atoms with van der Waals surface area (Å²) >= 11 is 0. The number of hydrogen-bond donors (Lipinski definition) is 0. The first kappa shape index (κ1) is 13.1. The fraction of sp³-hybridized carbons (Fsp3) is 0.500. The Morgan fingerprint density at radius 1 is 1.06 bits per heavy atom. The van der Waals surface area contributed by atoms with E-state index in [4.69, 9.17) is 0 Å². The average Bonchev–Trinajstić information content (AvgIpc) is 2.35. The van der Waals surface area contributed by atoms with Crippen molar-refractivity contribution < 1.29 is 18.0 Å². The van der Waals surface area contributed by atoms with E-state index in [1.165, 1.54) is 0 Å². The summed E-state index contributed by atoms with van der Waals surface area (Å²) < 4.78 is 38.9. The molecule has 18 heavy (non-hydrogen) atoms. The lowest BCUT2D eigenvalue weighted by Gasteiger charge is -2.25. The maximum atomic E-state index is 13.1. The molecule has 1 saturated carbocycles. The quantitative estimate of drug-likeness (QED) is 0.574. The first-order valence-electron chi connectivity index (χ1n) is 6.17. The summed E-state index contributed by atoms with van der Waals surface area (Å²) in [7, 11) is 0. The van der Waals surface area contributed by atoms with Gasteiger partial charge in [-0.1, -0.05) is 19.8 Å². The Bertz CT molecular complexity index is 439. The van der Waals surface area contributed by atoms with Crippen molar-refractivity contribution in [1.29, 1.82) is 0 Å². The lowest BCUT2D eigenvalue weighted by molar-refractivity contribution is 0.0874. The van der Waals surface area contributed by atoms with Crippen LogP contribution in [0.15, 0.2) is 12.1 Å². The van der Waals surface area contributed by atoms with Crippen molar-refractivity contribution in [2.24, 2.45) is 11.8 Å². The van der Waals surface area contributed by atoms with E-state index < -0.39 is 17.5 Å². The molecule has 0 aromatic heterocycles. The second-order valence-electron chi connectivity index (χ2n) is 5.07. The summed E-state index contributed by atoms with van der Waals surface area (Å²) in [6.45, 7) is 2.12. The minimum Gasteiger partial charge on any atom is -0.294 e. The van der Waals surface area contributed by atoms with Crippen LogP contribution in [0.1, 0.15) is 43.0 Å². The number of ketones is 1. The summed E-state index contributed by atoms with van der Waals surface area (Å²) in [6.07, 6.45) is 3.37. The zero-order chi connectivity index (χ0) is 13.3. The second-order valence-corrected chi connectivity index (χ2v) is 5.07. The Morgan fingerprint density at radius 2 is 1.56 bits per heavy atom. The molecule has 0 aliphatic heterocycles. The van der Waals surface area contributed by atoms with E-state index in [0.29, 0.717) is 5.92 Å². The second kappa shape index (κ2) is 5.12. The fourth-order valence-electron chi connectivity index (χ4n) is 2.46. The highest BCUT2D eigenvalue weighted by Crippen LogP contribution is 2.31. The third-order valence-corrected chi connectivity index (χ3v) is 3.65. The van der Waals surface area contributed by atoms with Gasteiger partial charge in [0.2, 0.25) is 0 Å². The minimum atomic E-state index is -1.52. The smallest absolute Gasteiger partial charge is 0.194 e. The number of halogens is 3. The Morgan fingerprint density at radius 3 is 2.06 bits per heavy atom. The molecule has 1 aliphatic rings. The molecule has 2 rings (SSSR count). The third kappa shape index (κ3) is 2.57. The summed E-state index contributed by atoms with van der Waals surface area (Å²) in [4.78, 5) is 12.1. The first-order valence-corrected chi connectivity index (χ1v) is 6.17. The first-order chi connectivity index (χ1) is 8.49. The monoisotopic (exact) mass is 256 g/mol. The summed E-state index contributed by atoms with van der Waals surface area (Å²) in [5.41, 5.74) is -0.0639. The van der Waals surface area contributed by atoms with Crippen LogP contribution in [0.5, 0.6) is 0 Å². The topological polar surface area (TPSA) is 17.1 Å². The van der Waals surface area contributed by atoms with Crippen LogP contribution in [0.4, 0.5) is 13.2 Å². The molecule has 4 heteroatoms. The number of carbonyl (C=O) groups excluding carboxylic acids is 1. The van der Waals surface area contributed by atoms with E-state index in [1.54, 1.807) is 0 Å². The number of carbonyl (C=O) groups is 1. The summed E-state index contributed by atoms with van der Waals surface area (Å²) in [6, 6.07) is 1.58. The van der Waals surface area contributed by atoms with Crippen molar-refractivity contribution in [2.75, 3.05) is 0 Å². The molecule has 0 bridgehead atoms. The van der Waals surface area contributed by atoms with Gasteiger partial charge in [0, 0.05) is 11.5 Å². The highest BCUT2D eigenvalue weighted by atomic mass is 19.2. The van der Waals surface area contributed by atoms with Gasteiger partial charge in [0.25, 0.3) is 0 Å². The zero-order valence-electron chi connectivity index (χ0n) is 10.2. The Kier molecular flexibility index (Phi) is 3.73. The highest BCUT2D eigenvalue weighted by Gasteiger charge is 2.26. The van der Waals surface area contributed by atoms with Gasteiger partial charge in [0.05, 0.1) is 0 Å². The molecule has 0 heterocycles. The Hall–Kier alpha value is -1.32. The van der Waals surface area contributed by atoms with Crippen LogP contribution in [-0.4, -0.2) is 5.78 Å². The molecule has 0 N–H and O–H groups in total. The molecule has 98 valence electrons. The van der Waals surface area contributed by atoms with Crippen LogP contribution >= 0.6 is 0 Å². The van der Waals surface area contributed by atoms with E-state index in [9.17, 15) is 18.0 Å². The molecule has 1 aromatic carbocycles. The van der Waals surface area contributed by atoms with Crippen LogP contribution in [0.25, 0.3) is 0 Å². The summed E-state index contributed by atoms with van der Waals surface area (Å²) in [5.74, 6) is -4.00. The highest BCUT2D eigenvalue weighted by molar-refractivity contribution is 5.97. The van der Waals surface area contributed by atoms with Gasteiger partial charge in [0.1, 0.15) is 0 Å². The molecular formula is C14H15F3O. The maximum Gasteiger partial charge on any atom is 0.194 e. The lowest BCUT2D eigenvalue weighted by Crippen LogP contribution is -2.21. The van der Waals surface area contributed by atoms with E-state index >= 15 is 0 Å². The van der Waals surface area contributed by atoms with E-state index in [0.717, 1.165) is 37.8 Å². The van der Waals surface area contributed by atoms with Gasteiger partial charge in [-0.25, -0.2) is 13.2 Å². The van der Waals surface area contributed by atoms with E-state index in [1.807, 2.05) is 0 Å². The van der Waals surface area contributed by atoms with E-state index in [2.05, 4.69) is 6.92 Å². The van der Waals surface area contributed by atoms with E-state index in [-0.39, 0.29) is 17.3 Å². The normalized spacial score (nSPS) is 24.0. The molecule has 0 saturated heterocycles. The van der Waals surface area contributed by atoms with Crippen LogP contribution in [-0.2, 0) is 0 Å². The molecule has 0 amide bonds. The van der Waals surface area contributed by atoms with Crippen molar-refractivity contribution in [3.8, 4) is 0 Å². The van der Waals surface area contributed by atoms with Crippen molar-refractivity contribution in [3.05, 3.63) is 35.1 Å². The molecule has 0 spiro atoms. The standard InChI is InChI=1S/C14H15F3O/c1-8-2-4-9(5-3-8)14(18)10-6-11(15)13(17)12(16)7-10/h6-9H,2-5H2,1H3. The predicted molar refractivity (Wildman–Crippen MR) is 61.8 cm³/mol. The zero-order valence-corrected chi connectivity index (χ0v) is 10.2. The van der Waals surface area contributed by atoms with Gasteiger partial charge in [-0.3, -0.25) is 4.79 Å². The number of benzene rings is 1. The lowest BCUT2D eigenvalue weighted by atomic mass is 9.79. The summed E-state index contributed by atoms with van der Waals surface area (Å²) in [5, 5.41) is 0. The third-order valence-electron chi connectivity index (χ3n) is 3.65. The fourth-order valence-corrected chi connectivity index (χ4v) is 2.46. The van der Waals surface area contributed by atoms with Gasteiger partial charge >= 0.3 is 0 Å². The molecular weight excluding hydrogens is 241 g/mol. The van der Waals surface area contributed by atoms with Crippen molar-refractivity contribution in [3.63, 3.8) is 0 Å². The number of Topliss-reactive ketones (excluding diaryl/α,β-unsaturated/α-hetero) is 1. The van der Waals surface area contributed by atoms with Gasteiger partial charge in [-0.2, -0.15) is 0 Å². The molecule has 0 atom stereocenters. The van der Waals surface area contributed by atoms with Gasteiger partial charge in [0.15, 0.2) is 23.2 Å². The molecule has 0 radical (unpaired) electrons. The van der Waals surface area contributed by atoms with Crippen molar-refractivity contribution >= 4 is 5.78 Å². The largest absolute Gasteiger partial charge is 0.294 e. The molecule has 1 fully saturated rings. The Labute approximate surface area is 104 Å². The van der Waals surface area contributed by atoms with Crippen LogP contribution in [0.3, 0.4) is 0 Å². The maximum absolute atomic E-state index is 13.1.